The van der Waals surface area contributed by atoms with Crippen LogP contribution in [-0.2, 0) is 0 Å². The molecule has 1 aliphatic heterocycles. The van der Waals surface area contributed by atoms with Gasteiger partial charge in [0.05, 0.1) is 11.6 Å². The number of amides is 1. The lowest BCUT2D eigenvalue weighted by Crippen LogP contribution is -2.31. The van der Waals surface area contributed by atoms with E-state index in [1.807, 2.05) is 12.1 Å². The van der Waals surface area contributed by atoms with E-state index in [1.165, 1.54) is 12.1 Å². The molecule has 104 valence electrons. The van der Waals surface area contributed by atoms with Gasteiger partial charge >= 0.3 is 0 Å². The Morgan fingerprint density at radius 1 is 1.25 bits per heavy atom. The van der Waals surface area contributed by atoms with Gasteiger partial charge in [-0.1, -0.05) is 6.07 Å². The molecule has 0 bridgehead atoms. The predicted molar refractivity (Wildman–Crippen MR) is 70.2 cm³/mol. The van der Waals surface area contributed by atoms with Gasteiger partial charge in [-0.25, -0.2) is 8.78 Å². The number of carbonyl (C=O) groups is 1. The fourth-order valence-electron chi connectivity index (χ4n) is 2.71. The molecule has 20 heavy (non-hydrogen) atoms. The Kier molecular flexibility index (Phi) is 3.26. The number of halogens is 2. The summed E-state index contributed by atoms with van der Waals surface area (Å²) in [5.74, 6) is -2.53. The molecule has 0 radical (unpaired) electrons. The summed E-state index contributed by atoms with van der Waals surface area (Å²) in [5, 5.41) is 0. The van der Waals surface area contributed by atoms with E-state index in [2.05, 4.69) is 4.98 Å². The van der Waals surface area contributed by atoms with Crippen molar-refractivity contribution < 1.29 is 13.6 Å². The number of likely N-dealkylation sites (tertiary alicyclic amines) is 1. The standard InChI is InChI=1S/C15H14F2N2O/c16-11-5-1-4-10(14(11)17)15(20)19-9-3-7-13(19)12-6-2-8-18-12/h1-2,4-6,8,13,18H,3,7,9H2. The third kappa shape index (κ3) is 2.09. The second-order valence-corrected chi connectivity index (χ2v) is 4.88. The Bertz CT molecular complexity index is 625. The predicted octanol–water partition coefficient (Wildman–Crippen LogP) is 3.27. The molecular formula is C15H14F2N2O. The quantitative estimate of drug-likeness (QED) is 0.897. The number of aromatic nitrogens is 1. The monoisotopic (exact) mass is 276 g/mol. The topological polar surface area (TPSA) is 36.1 Å². The van der Waals surface area contributed by atoms with Crippen molar-refractivity contribution in [1.82, 2.24) is 9.88 Å². The average molecular weight is 276 g/mol. The van der Waals surface area contributed by atoms with Crippen molar-refractivity contribution in [1.29, 1.82) is 0 Å². The first kappa shape index (κ1) is 12.8. The molecule has 5 heteroatoms. The highest BCUT2D eigenvalue weighted by molar-refractivity contribution is 5.95. The molecule has 1 aromatic heterocycles. The molecule has 1 N–H and O–H groups in total. The van der Waals surface area contributed by atoms with Crippen molar-refractivity contribution in [3.05, 3.63) is 59.4 Å². The van der Waals surface area contributed by atoms with Gasteiger partial charge in [0.15, 0.2) is 11.6 Å². The number of hydrogen-bond acceptors (Lipinski definition) is 1. The van der Waals surface area contributed by atoms with Crippen molar-refractivity contribution in [3.63, 3.8) is 0 Å². The maximum Gasteiger partial charge on any atom is 0.257 e. The molecule has 1 aliphatic rings. The number of hydrogen-bond donors (Lipinski definition) is 1. The second-order valence-electron chi connectivity index (χ2n) is 4.88. The van der Waals surface area contributed by atoms with Crippen LogP contribution in [0.25, 0.3) is 0 Å². The summed E-state index contributed by atoms with van der Waals surface area (Å²) in [6, 6.07) is 7.35. The van der Waals surface area contributed by atoms with Crippen LogP contribution in [0.4, 0.5) is 8.78 Å². The number of carbonyl (C=O) groups excluding carboxylic acids is 1. The van der Waals surface area contributed by atoms with Crippen LogP contribution in [0.15, 0.2) is 36.5 Å². The van der Waals surface area contributed by atoms with Crippen LogP contribution in [-0.4, -0.2) is 22.3 Å². The van der Waals surface area contributed by atoms with E-state index in [-0.39, 0.29) is 11.6 Å². The average Bonchev–Trinajstić information content (AvgIpc) is 3.10. The molecule has 2 heterocycles. The van der Waals surface area contributed by atoms with Gasteiger partial charge in [-0.3, -0.25) is 4.79 Å². The lowest BCUT2D eigenvalue weighted by molar-refractivity contribution is 0.0727. The lowest BCUT2D eigenvalue weighted by Gasteiger charge is -2.24. The molecule has 2 aromatic rings. The van der Waals surface area contributed by atoms with E-state index in [1.54, 1.807) is 11.1 Å². The zero-order chi connectivity index (χ0) is 14.1. The fraction of sp³-hybridized carbons (Fsp3) is 0.267. The molecule has 0 aliphatic carbocycles. The number of H-pyrrole nitrogens is 1. The molecule has 3 rings (SSSR count). The summed E-state index contributed by atoms with van der Waals surface area (Å²) < 4.78 is 27.0. The molecule has 0 spiro atoms. The number of rotatable bonds is 2. The van der Waals surface area contributed by atoms with E-state index in [0.29, 0.717) is 6.54 Å². The van der Waals surface area contributed by atoms with Crippen molar-refractivity contribution in [3.8, 4) is 0 Å². The largest absolute Gasteiger partial charge is 0.363 e. The van der Waals surface area contributed by atoms with Crippen LogP contribution < -0.4 is 0 Å². The van der Waals surface area contributed by atoms with Crippen LogP contribution in [0, 0.1) is 11.6 Å². The minimum absolute atomic E-state index is 0.0971. The van der Waals surface area contributed by atoms with E-state index in [4.69, 9.17) is 0 Å². The summed E-state index contributed by atoms with van der Waals surface area (Å²) in [4.78, 5) is 17.1. The number of aromatic amines is 1. The minimum atomic E-state index is -1.07. The summed E-state index contributed by atoms with van der Waals surface area (Å²) in [7, 11) is 0. The summed E-state index contributed by atoms with van der Waals surface area (Å²) in [5.41, 5.74) is 0.719. The molecule has 3 nitrogen and oxygen atoms in total. The third-order valence-corrected chi connectivity index (χ3v) is 3.68. The minimum Gasteiger partial charge on any atom is -0.363 e. The summed E-state index contributed by atoms with van der Waals surface area (Å²) in [6.45, 7) is 0.554. The Morgan fingerprint density at radius 3 is 2.85 bits per heavy atom. The van der Waals surface area contributed by atoms with E-state index < -0.39 is 17.5 Å². The van der Waals surface area contributed by atoms with Gasteiger partial charge in [-0.15, -0.1) is 0 Å². The normalized spacial score (nSPS) is 18.5. The Morgan fingerprint density at radius 2 is 2.10 bits per heavy atom. The molecule has 1 saturated heterocycles. The fourth-order valence-corrected chi connectivity index (χ4v) is 2.71. The van der Waals surface area contributed by atoms with Crippen molar-refractivity contribution >= 4 is 5.91 Å². The number of nitrogens with zero attached hydrogens (tertiary/aromatic N) is 1. The summed E-state index contributed by atoms with van der Waals surface area (Å²) in [6.07, 6.45) is 3.47. The van der Waals surface area contributed by atoms with Gasteiger partial charge in [-0.2, -0.15) is 0 Å². The number of benzene rings is 1. The molecule has 0 saturated carbocycles. The Balaban J connectivity index is 1.92. The third-order valence-electron chi connectivity index (χ3n) is 3.68. The first-order valence-corrected chi connectivity index (χ1v) is 6.57. The maximum atomic E-state index is 13.7. The van der Waals surface area contributed by atoms with Crippen molar-refractivity contribution in [2.45, 2.75) is 18.9 Å². The maximum absolute atomic E-state index is 13.7. The van der Waals surface area contributed by atoms with Gasteiger partial charge in [0.1, 0.15) is 0 Å². The zero-order valence-electron chi connectivity index (χ0n) is 10.8. The van der Waals surface area contributed by atoms with Crippen LogP contribution in [0.2, 0.25) is 0 Å². The van der Waals surface area contributed by atoms with Crippen molar-refractivity contribution in [2.24, 2.45) is 0 Å². The highest BCUT2D eigenvalue weighted by Gasteiger charge is 2.32. The second kappa shape index (κ2) is 5.07. The molecule has 1 unspecified atom stereocenters. The van der Waals surface area contributed by atoms with Gasteiger partial charge in [0.2, 0.25) is 0 Å². The van der Waals surface area contributed by atoms with E-state index >= 15 is 0 Å². The summed E-state index contributed by atoms with van der Waals surface area (Å²) >= 11 is 0. The van der Waals surface area contributed by atoms with Gasteiger partial charge in [0, 0.05) is 18.4 Å². The smallest absolute Gasteiger partial charge is 0.257 e. The van der Waals surface area contributed by atoms with Crippen LogP contribution >= 0.6 is 0 Å². The van der Waals surface area contributed by atoms with Crippen LogP contribution in [0.5, 0.6) is 0 Å². The van der Waals surface area contributed by atoms with E-state index in [9.17, 15) is 13.6 Å². The van der Waals surface area contributed by atoms with Crippen LogP contribution in [0.1, 0.15) is 34.9 Å². The molecular weight excluding hydrogens is 262 g/mol. The SMILES string of the molecule is O=C(c1cccc(F)c1F)N1CCCC1c1ccc[nH]1. The Hall–Kier alpha value is -2.17. The van der Waals surface area contributed by atoms with Gasteiger partial charge in [0.25, 0.3) is 5.91 Å². The molecule has 1 atom stereocenters. The molecule has 1 aromatic carbocycles. The molecule has 1 amide bonds. The van der Waals surface area contributed by atoms with E-state index in [0.717, 1.165) is 24.6 Å². The zero-order valence-corrected chi connectivity index (χ0v) is 10.8. The first-order valence-electron chi connectivity index (χ1n) is 6.57. The Labute approximate surface area is 115 Å². The highest BCUT2D eigenvalue weighted by Crippen LogP contribution is 2.32. The van der Waals surface area contributed by atoms with Crippen molar-refractivity contribution in [2.75, 3.05) is 6.54 Å². The molecule has 1 fully saturated rings. The van der Waals surface area contributed by atoms with Gasteiger partial charge in [-0.05, 0) is 37.1 Å². The number of nitrogens with one attached hydrogen (secondary N) is 1. The van der Waals surface area contributed by atoms with Crippen LogP contribution in [0.3, 0.4) is 0 Å². The van der Waals surface area contributed by atoms with Gasteiger partial charge < -0.3 is 9.88 Å². The first-order chi connectivity index (χ1) is 9.68. The highest BCUT2D eigenvalue weighted by atomic mass is 19.2. The lowest BCUT2D eigenvalue weighted by atomic mass is 10.1.